The normalized spacial score (nSPS) is 15.8. The van der Waals surface area contributed by atoms with Crippen molar-refractivity contribution in [2.24, 2.45) is 5.73 Å². The number of aryl methyl sites for hydroxylation is 1. The van der Waals surface area contributed by atoms with Crippen LogP contribution < -0.4 is 11.5 Å². The molecule has 2 aromatic carbocycles. The molecule has 5 rings (SSSR count). The Bertz CT molecular complexity index is 1290. The Morgan fingerprint density at radius 3 is 2.21 bits per heavy atom. The highest BCUT2D eigenvalue weighted by molar-refractivity contribution is 6.05. The lowest BCUT2D eigenvalue weighted by atomic mass is 9.85. The summed E-state index contributed by atoms with van der Waals surface area (Å²) in [7, 11) is 0. The summed E-state index contributed by atoms with van der Waals surface area (Å²) in [6, 6.07) is 10.9. The van der Waals surface area contributed by atoms with Crippen molar-refractivity contribution >= 4 is 34.7 Å². The van der Waals surface area contributed by atoms with Gasteiger partial charge in [0.15, 0.2) is 0 Å². The first-order valence-electron chi connectivity index (χ1n) is 11.7. The topological polar surface area (TPSA) is 129 Å². The molecule has 0 bridgehead atoms. The molecule has 8 heteroatoms. The third-order valence-electron chi connectivity index (χ3n) is 6.97. The van der Waals surface area contributed by atoms with Crippen molar-refractivity contribution in [2.75, 3.05) is 31.9 Å². The molecule has 0 unspecified atom stereocenters. The molecule has 1 aliphatic heterocycles. The Hall–Kier alpha value is -3.94. The first-order chi connectivity index (χ1) is 16.5. The molecule has 5 N–H and O–H groups in total. The van der Waals surface area contributed by atoms with Gasteiger partial charge in [0.1, 0.15) is 0 Å². The molecule has 1 aliphatic carbocycles. The minimum atomic E-state index is -0.446. The maximum atomic E-state index is 13.0. The van der Waals surface area contributed by atoms with Crippen molar-refractivity contribution in [1.29, 1.82) is 5.41 Å². The summed E-state index contributed by atoms with van der Waals surface area (Å²) in [4.78, 5) is 32.6. The minimum Gasteiger partial charge on any atom is -0.398 e. The number of carbonyl (C=O) groups is 2. The van der Waals surface area contributed by atoms with E-state index in [-0.39, 0.29) is 5.91 Å². The minimum absolute atomic E-state index is 0.0460. The molecule has 2 heterocycles. The van der Waals surface area contributed by atoms with Gasteiger partial charge in [0.25, 0.3) is 5.91 Å². The SMILES string of the molecule is N=Cc1c(N)ccc2nc(-c3ccc(C(=O)N4CCN(C(N)=O)CC4)cc3)c3c(c12)CCCC3. The average molecular weight is 457 g/mol. The standard InChI is InChI=1S/C26H28N6O2/c27-15-20-21(28)9-10-22-23(20)18-3-1-2-4-19(18)24(30-22)16-5-7-17(8-6-16)25(33)31-11-13-32(14-12-31)26(29)34/h5-10,15,27H,1-4,11-14,28H2,(H2,29,34). The monoisotopic (exact) mass is 456 g/mol. The number of hydrogen-bond donors (Lipinski definition) is 3. The van der Waals surface area contributed by atoms with Gasteiger partial charge in [0, 0.05) is 60.2 Å². The van der Waals surface area contributed by atoms with Gasteiger partial charge in [0.05, 0.1) is 11.2 Å². The van der Waals surface area contributed by atoms with Crippen LogP contribution in [0, 0.1) is 5.41 Å². The predicted molar refractivity (Wildman–Crippen MR) is 133 cm³/mol. The van der Waals surface area contributed by atoms with E-state index in [1.165, 1.54) is 17.3 Å². The fraction of sp³-hybridized carbons (Fsp3) is 0.308. The number of nitrogens with zero attached hydrogens (tertiary/aromatic N) is 3. The highest BCUT2D eigenvalue weighted by Crippen LogP contribution is 2.37. The van der Waals surface area contributed by atoms with Gasteiger partial charge in [-0.1, -0.05) is 12.1 Å². The number of fused-ring (bicyclic) bond motifs is 3. The molecule has 0 saturated carbocycles. The van der Waals surface area contributed by atoms with E-state index in [4.69, 9.17) is 21.9 Å². The molecule has 1 saturated heterocycles. The summed E-state index contributed by atoms with van der Waals surface area (Å²) in [5.74, 6) is -0.0460. The van der Waals surface area contributed by atoms with Crippen LogP contribution in [0.5, 0.6) is 0 Å². The van der Waals surface area contributed by atoms with Crippen LogP contribution in [-0.2, 0) is 12.8 Å². The van der Waals surface area contributed by atoms with Gasteiger partial charge in [0.2, 0.25) is 0 Å². The number of pyridine rings is 1. The number of nitrogens with two attached hydrogens (primary N) is 2. The number of piperazine rings is 1. The lowest BCUT2D eigenvalue weighted by Crippen LogP contribution is -2.52. The Morgan fingerprint density at radius 1 is 0.912 bits per heavy atom. The molecule has 34 heavy (non-hydrogen) atoms. The number of primary amides is 1. The maximum Gasteiger partial charge on any atom is 0.314 e. The van der Waals surface area contributed by atoms with Crippen LogP contribution in [0.1, 0.15) is 39.9 Å². The molecule has 2 aliphatic rings. The third kappa shape index (κ3) is 3.75. The van der Waals surface area contributed by atoms with E-state index in [0.717, 1.165) is 53.4 Å². The van der Waals surface area contributed by atoms with Crippen molar-refractivity contribution in [3.8, 4) is 11.3 Å². The zero-order chi connectivity index (χ0) is 23.8. The number of urea groups is 1. The summed E-state index contributed by atoms with van der Waals surface area (Å²) in [6.07, 6.45) is 5.42. The number of benzene rings is 2. The fourth-order valence-electron chi connectivity index (χ4n) is 5.14. The molecular weight excluding hydrogens is 428 g/mol. The van der Waals surface area contributed by atoms with Gasteiger partial charge in [-0.3, -0.25) is 4.79 Å². The Labute approximate surface area is 198 Å². The molecule has 3 amide bonds. The van der Waals surface area contributed by atoms with Crippen molar-refractivity contribution in [2.45, 2.75) is 25.7 Å². The number of amides is 3. The van der Waals surface area contributed by atoms with Gasteiger partial charge < -0.3 is 26.7 Å². The van der Waals surface area contributed by atoms with Crippen LogP contribution in [0.4, 0.5) is 10.5 Å². The number of nitrogens with one attached hydrogen (secondary N) is 1. The van der Waals surface area contributed by atoms with E-state index in [0.29, 0.717) is 37.4 Å². The summed E-state index contributed by atoms with van der Waals surface area (Å²) in [5, 5.41) is 8.88. The highest BCUT2D eigenvalue weighted by Gasteiger charge is 2.25. The van der Waals surface area contributed by atoms with Crippen molar-refractivity contribution in [3.05, 3.63) is 58.7 Å². The maximum absolute atomic E-state index is 13.0. The number of anilines is 1. The van der Waals surface area contributed by atoms with Gasteiger partial charge in [-0.15, -0.1) is 0 Å². The Balaban J connectivity index is 1.48. The van der Waals surface area contributed by atoms with E-state index >= 15 is 0 Å². The van der Waals surface area contributed by atoms with Crippen LogP contribution >= 0.6 is 0 Å². The van der Waals surface area contributed by atoms with Gasteiger partial charge >= 0.3 is 6.03 Å². The van der Waals surface area contributed by atoms with Crippen LogP contribution in [0.3, 0.4) is 0 Å². The summed E-state index contributed by atoms with van der Waals surface area (Å²) < 4.78 is 0. The molecule has 3 aromatic rings. The third-order valence-corrected chi connectivity index (χ3v) is 6.97. The molecule has 1 aromatic heterocycles. The Morgan fingerprint density at radius 2 is 1.56 bits per heavy atom. The molecule has 0 spiro atoms. The number of rotatable bonds is 3. The number of nitrogen functional groups attached to an aromatic ring is 1. The largest absolute Gasteiger partial charge is 0.398 e. The van der Waals surface area contributed by atoms with Crippen molar-refractivity contribution in [3.63, 3.8) is 0 Å². The van der Waals surface area contributed by atoms with Gasteiger partial charge in [-0.25, -0.2) is 9.78 Å². The van der Waals surface area contributed by atoms with E-state index in [1.807, 2.05) is 36.4 Å². The zero-order valence-corrected chi connectivity index (χ0v) is 19.0. The van der Waals surface area contributed by atoms with E-state index in [2.05, 4.69) is 0 Å². The van der Waals surface area contributed by atoms with Crippen molar-refractivity contribution < 1.29 is 9.59 Å². The van der Waals surface area contributed by atoms with E-state index in [1.54, 1.807) is 9.80 Å². The smallest absolute Gasteiger partial charge is 0.314 e. The van der Waals surface area contributed by atoms with Crippen molar-refractivity contribution in [1.82, 2.24) is 14.8 Å². The second kappa shape index (κ2) is 8.78. The molecule has 174 valence electrons. The lowest BCUT2D eigenvalue weighted by Gasteiger charge is -2.33. The second-order valence-electron chi connectivity index (χ2n) is 8.93. The van der Waals surface area contributed by atoms with Crippen LogP contribution in [0.2, 0.25) is 0 Å². The average Bonchev–Trinajstić information content (AvgIpc) is 2.88. The van der Waals surface area contributed by atoms with Gasteiger partial charge in [-0.05, 0) is 61.1 Å². The molecule has 0 atom stereocenters. The molecule has 1 fully saturated rings. The second-order valence-corrected chi connectivity index (χ2v) is 8.93. The van der Waals surface area contributed by atoms with E-state index in [9.17, 15) is 9.59 Å². The summed E-state index contributed by atoms with van der Waals surface area (Å²) >= 11 is 0. The fourth-order valence-corrected chi connectivity index (χ4v) is 5.14. The summed E-state index contributed by atoms with van der Waals surface area (Å²) in [5.41, 5.74) is 18.7. The first-order valence-corrected chi connectivity index (χ1v) is 11.7. The predicted octanol–water partition coefficient (Wildman–Crippen LogP) is 3.20. The molecule has 8 nitrogen and oxygen atoms in total. The van der Waals surface area contributed by atoms with Crippen LogP contribution in [0.25, 0.3) is 22.2 Å². The number of hydrogen-bond acceptors (Lipinski definition) is 5. The lowest BCUT2D eigenvalue weighted by molar-refractivity contribution is 0.0669. The summed E-state index contributed by atoms with van der Waals surface area (Å²) in [6.45, 7) is 1.85. The zero-order valence-electron chi connectivity index (χ0n) is 19.0. The van der Waals surface area contributed by atoms with Crippen LogP contribution in [0.15, 0.2) is 36.4 Å². The van der Waals surface area contributed by atoms with Gasteiger partial charge in [-0.2, -0.15) is 0 Å². The highest BCUT2D eigenvalue weighted by atomic mass is 16.2. The molecular formula is C26H28N6O2. The number of carbonyl (C=O) groups excluding carboxylic acids is 2. The first kappa shape index (κ1) is 21.9. The Kier molecular flexibility index (Phi) is 5.65. The quantitative estimate of drug-likeness (QED) is 0.413. The van der Waals surface area contributed by atoms with E-state index < -0.39 is 6.03 Å². The molecule has 0 radical (unpaired) electrons. The van der Waals surface area contributed by atoms with Crippen LogP contribution in [-0.4, -0.2) is 59.1 Å². The number of aromatic nitrogens is 1.